The topological polar surface area (TPSA) is 174 Å². The first-order chi connectivity index (χ1) is 18.1. The summed E-state index contributed by atoms with van der Waals surface area (Å²) in [7, 11) is -3.91. The van der Waals surface area contributed by atoms with Gasteiger partial charge in [0.15, 0.2) is 0 Å². The number of nitrogen functional groups attached to an aromatic ring is 1. The average molecular weight is 538 g/mol. The number of carbonyl (C=O) groups is 2. The molecule has 0 spiro atoms. The molecule has 2 amide bonds. The van der Waals surface area contributed by atoms with Crippen molar-refractivity contribution in [3.8, 4) is 5.75 Å². The van der Waals surface area contributed by atoms with Gasteiger partial charge in [0.05, 0.1) is 12.3 Å². The fourth-order valence-electron chi connectivity index (χ4n) is 3.63. The zero-order valence-electron chi connectivity index (χ0n) is 20.7. The molecule has 0 heterocycles. The Labute approximate surface area is 221 Å². The maximum absolute atomic E-state index is 12.9. The predicted molar refractivity (Wildman–Crippen MR) is 145 cm³/mol. The van der Waals surface area contributed by atoms with Crippen molar-refractivity contribution in [3.05, 3.63) is 101 Å². The van der Waals surface area contributed by atoms with Gasteiger partial charge in [-0.2, -0.15) is 0 Å². The van der Waals surface area contributed by atoms with Crippen LogP contribution < -0.4 is 21.1 Å². The van der Waals surface area contributed by atoms with E-state index in [1.165, 1.54) is 24.3 Å². The van der Waals surface area contributed by atoms with Crippen LogP contribution in [0.3, 0.4) is 0 Å². The number of aryl methyl sites for hydroxylation is 1. The summed E-state index contributed by atoms with van der Waals surface area (Å²) in [4.78, 5) is 25.2. The van der Waals surface area contributed by atoms with Crippen LogP contribution in [0.5, 0.6) is 5.75 Å². The number of amidine groups is 1. The molecule has 7 N–H and O–H groups in total. The molecule has 1 unspecified atom stereocenters. The standard InChI is InChI=1S/C27H31N5O5S/c28-26(29)22-11-6-20(7-12-22)16-30-25(34)17-31-27(35)24(15-10-19-4-2-1-3-5-19)32-38(36,37)18-21-8-13-23(33)14-9-21/h1-9,11-14,24,32-33H,10,15-18H2,(H3,28,29)(H,30,34)(H,31,35). The van der Waals surface area contributed by atoms with Crippen molar-refractivity contribution in [2.24, 2.45) is 5.73 Å². The highest BCUT2D eigenvalue weighted by Gasteiger charge is 2.25. The SMILES string of the molecule is N=C(N)c1ccc(CNC(=O)CNC(=O)C(CCc2ccccc2)NS(=O)(=O)Cc2ccc(O)cc2)cc1. The van der Waals surface area contributed by atoms with Gasteiger partial charge < -0.3 is 21.5 Å². The number of nitrogens with two attached hydrogens (primary N) is 1. The number of hydrogen-bond acceptors (Lipinski definition) is 6. The summed E-state index contributed by atoms with van der Waals surface area (Å²) in [5.74, 6) is -1.46. The monoisotopic (exact) mass is 537 g/mol. The Morgan fingerprint density at radius 1 is 0.868 bits per heavy atom. The molecule has 0 saturated carbocycles. The van der Waals surface area contributed by atoms with Crippen LogP contribution in [0, 0.1) is 5.41 Å². The van der Waals surface area contributed by atoms with Gasteiger partial charge in [-0.05, 0) is 41.7 Å². The minimum Gasteiger partial charge on any atom is -0.508 e. The van der Waals surface area contributed by atoms with Gasteiger partial charge in [-0.25, -0.2) is 13.1 Å². The molecule has 3 aromatic carbocycles. The molecule has 0 aromatic heterocycles. The van der Waals surface area contributed by atoms with Gasteiger partial charge in [0.25, 0.3) is 0 Å². The van der Waals surface area contributed by atoms with Crippen LogP contribution >= 0.6 is 0 Å². The molecule has 3 aromatic rings. The van der Waals surface area contributed by atoms with E-state index in [0.717, 1.165) is 11.1 Å². The van der Waals surface area contributed by atoms with Gasteiger partial charge in [0.2, 0.25) is 21.8 Å². The lowest BCUT2D eigenvalue weighted by Gasteiger charge is -2.19. The Morgan fingerprint density at radius 2 is 1.50 bits per heavy atom. The smallest absolute Gasteiger partial charge is 0.239 e. The Hall–Kier alpha value is -4.22. The zero-order valence-corrected chi connectivity index (χ0v) is 21.5. The third-order valence-electron chi connectivity index (χ3n) is 5.67. The molecule has 0 saturated heterocycles. The number of phenolic OH excluding ortho intramolecular Hbond substituents is 1. The fraction of sp³-hybridized carbons (Fsp3) is 0.222. The molecule has 200 valence electrons. The van der Waals surface area contributed by atoms with Gasteiger partial charge in [0.1, 0.15) is 17.6 Å². The summed E-state index contributed by atoms with van der Waals surface area (Å²) >= 11 is 0. The van der Waals surface area contributed by atoms with Crippen LogP contribution in [0.15, 0.2) is 78.9 Å². The zero-order chi connectivity index (χ0) is 27.5. The Balaban J connectivity index is 1.58. The molecule has 11 heteroatoms. The normalized spacial score (nSPS) is 11.9. The number of amides is 2. The minimum atomic E-state index is -3.91. The molecule has 3 rings (SSSR count). The molecule has 0 fully saturated rings. The second kappa shape index (κ2) is 13.4. The molecule has 0 aliphatic carbocycles. The average Bonchev–Trinajstić information content (AvgIpc) is 2.90. The van der Waals surface area contributed by atoms with Gasteiger partial charge in [0, 0.05) is 12.1 Å². The second-order valence-corrected chi connectivity index (χ2v) is 10.5. The van der Waals surface area contributed by atoms with Crippen molar-refractivity contribution in [2.75, 3.05) is 6.54 Å². The summed E-state index contributed by atoms with van der Waals surface area (Å²) in [5.41, 5.74) is 8.19. The summed E-state index contributed by atoms with van der Waals surface area (Å²) in [6, 6.07) is 20.8. The van der Waals surface area contributed by atoms with Crippen LogP contribution in [0.25, 0.3) is 0 Å². The molecule has 0 aliphatic heterocycles. The lowest BCUT2D eigenvalue weighted by atomic mass is 10.1. The number of sulfonamides is 1. The van der Waals surface area contributed by atoms with E-state index in [4.69, 9.17) is 11.1 Å². The number of hydrogen-bond donors (Lipinski definition) is 6. The van der Waals surface area contributed by atoms with E-state index < -0.39 is 27.9 Å². The first-order valence-corrected chi connectivity index (χ1v) is 13.6. The van der Waals surface area contributed by atoms with Crippen molar-refractivity contribution in [3.63, 3.8) is 0 Å². The lowest BCUT2D eigenvalue weighted by molar-refractivity contribution is -0.127. The molecular formula is C27H31N5O5S. The minimum absolute atomic E-state index is 0.0191. The van der Waals surface area contributed by atoms with E-state index in [9.17, 15) is 23.1 Å². The number of carbonyl (C=O) groups excluding carboxylic acids is 2. The molecule has 10 nitrogen and oxygen atoms in total. The summed E-state index contributed by atoms with van der Waals surface area (Å²) in [6.07, 6.45) is 0.637. The van der Waals surface area contributed by atoms with Gasteiger partial charge in [-0.3, -0.25) is 15.0 Å². The van der Waals surface area contributed by atoms with Crippen molar-refractivity contribution < 1.29 is 23.1 Å². The van der Waals surface area contributed by atoms with E-state index in [2.05, 4.69) is 15.4 Å². The Kier molecular flexibility index (Phi) is 9.97. The van der Waals surface area contributed by atoms with E-state index in [-0.39, 0.29) is 36.8 Å². The Bertz CT molecular complexity index is 1340. The third-order valence-corrected chi connectivity index (χ3v) is 7.03. The highest BCUT2D eigenvalue weighted by Crippen LogP contribution is 2.13. The predicted octanol–water partition coefficient (Wildman–Crippen LogP) is 1.53. The van der Waals surface area contributed by atoms with Crippen molar-refractivity contribution >= 4 is 27.7 Å². The number of phenols is 1. The maximum Gasteiger partial charge on any atom is 0.239 e. The van der Waals surface area contributed by atoms with Crippen LogP contribution in [-0.2, 0) is 38.3 Å². The lowest BCUT2D eigenvalue weighted by Crippen LogP contribution is -2.49. The summed E-state index contributed by atoms with van der Waals surface area (Å²) < 4.78 is 28.1. The highest BCUT2D eigenvalue weighted by atomic mass is 32.2. The van der Waals surface area contributed by atoms with Gasteiger partial charge in [-0.15, -0.1) is 0 Å². The number of rotatable bonds is 13. The number of aromatic hydroxyl groups is 1. The summed E-state index contributed by atoms with van der Waals surface area (Å²) in [6.45, 7) is -0.116. The quantitative estimate of drug-likeness (QED) is 0.142. The largest absolute Gasteiger partial charge is 0.508 e. The van der Waals surface area contributed by atoms with Crippen LogP contribution in [0.4, 0.5) is 0 Å². The van der Waals surface area contributed by atoms with Gasteiger partial charge >= 0.3 is 0 Å². The van der Waals surface area contributed by atoms with E-state index in [1.807, 2.05) is 30.3 Å². The van der Waals surface area contributed by atoms with Crippen molar-refractivity contribution in [1.29, 1.82) is 5.41 Å². The fourth-order valence-corrected chi connectivity index (χ4v) is 5.00. The first-order valence-electron chi connectivity index (χ1n) is 11.9. The van der Waals surface area contributed by atoms with E-state index >= 15 is 0 Å². The molecular weight excluding hydrogens is 506 g/mol. The second-order valence-electron chi connectivity index (χ2n) is 8.73. The third kappa shape index (κ3) is 9.34. The molecule has 0 radical (unpaired) electrons. The Morgan fingerprint density at radius 3 is 2.13 bits per heavy atom. The summed E-state index contributed by atoms with van der Waals surface area (Å²) in [5, 5.41) is 22.0. The molecule has 0 bridgehead atoms. The van der Waals surface area contributed by atoms with Crippen molar-refractivity contribution in [1.82, 2.24) is 15.4 Å². The van der Waals surface area contributed by atoms with Gasteiger partial charge in [-0.1, -0.05) is 66.7 Å². The number of nitrogens with one attached hydrogen (secondary N) is 4. The van der Waals surface area contributed by atoms with Crippen LogP contribution in [-0.4, -0.2) is 43.8 Å². The highest BCUT2D eigenvalue weighted by molar-refractivity contribution is 7.88. The molecule has 1 atom stereocenters. The van der Waals surface area contributed by atoms with Crippen molar-refractivity contribution in [2.45, 2.75) is 31.2 Å². The van der Waals surface area contributed by atoms with E-state index in [1.54, 1.807) is 24.3 Å². The van der Waals surface area contributed by atoms with E-state index in [0.29, 0.717) is 17.5 Å². The molecule has 0 aliphatic rings. The molecule has 38 heavy (non-hydrogen) atoms. The number of benzene rings is 3. The first kappa shape index (κ1) is 28.4. The maximum atomic E-state index is 12.9. The van der Waals surface area contributed by atoms with Crippen LogP contribution in [0.1, 0.15) is 28.7 Å². The van der Waals surface area contributed by atoms with Crippen LogP contribution in [0.2, 0.25) is 0 Å².